The highest BCUT2D eigenvalue weighted by Crippen LogP contribution is 2.35. The average molecular weight is 284 g/mol. The van der Waals surface area contributed by atoms with Crippen molar-refractivity contribution in [3.05, 3.63) is 28.5 Å². The van der Waals surface area contributed by atoms with Crippen molar-refractivity contribution in [1.29, 1.82) is 0 Å². The first-order valence-electron chi connectivity index (χ1n) is 5.81. The predicted molar refractivity (Wildman–Crippen MR) is 69.1 cm³/mol. The summed E-state index contributed by atoms with van der Waals surface area (Å²) in [6, 6.07) is 4.57. The molecule has 2 rings (SSSR count). The first-order valence-corrected chi connectivity index (χ1v) is 6.61. The molecule has 1 aromatic rings. The Morgan fingerprint density at radius 3 is 2.94 bits per heavy atom. The summed E-state index contributed by atoms with van der Waals surface area (Å²) in [6.07, 6.45) is 3.06. The molecule has 0 saturated carbocycles. The van der Waals surface area contributed by atoms with Crippen LogP contribution < -0.4 is 5.73 Å². The molecule has 0 bridgehead atoms. The molecule has 1 saturated heterocycles. The molecule has 1 aliphatic heterocycles. The molecule has 1 aromatic heterocycles. The van der Waals surface area contributed by atoms with Crippen LogP contribution in [0.5, 0.6) is 0 Å². The zero-order chi connectivity index (χ0) is 11.5. The van der Waals surface area contributed by atoms with Crippen molar-refractivity contribution in [3.8, 4) is 0 Å². The van der Waals surface area contributed by atoms with E-state index in [0.717, 1.165) is 29.8 Å². The van der Waals surface area contributed by atoms with Gasteiger partial charge in [0.05, 0.1) is 11.7 Å². The van der Waals surface area contributed by atoms with Gasteiger partial charge in [-0.1, -0.05) is 6.92 Å². The molecule has 2 unspecified atom stereocenters. The van der Waals surface area contributed by atoms with Gasteiger partial charge in [-0.25, -0.2) is 0 Å². The van der Waals surface area contributed by atoms with Crippen LogP contribution in [0.15, 0.2) is 22.8 Å². The molecule has 88 valence electrons. The first kappa shape index (κ1) is 12.0. The third-order valence-electron chi connectivity index (χ3n) is 3.39. The van der Waals surface area contributed by atoms with Gasteiger partial charge in [-0.2, -0.15) is 0 Å². The maximum atomic E-state index is 5.84. The van der Waals surface area contributed by atoms with Crippen LogP contribution in [0.4, 0.5) is 0 Å². The number of halogens is 1. The zero-order valence-electron chi connectivity index (χ0n) is 9.56. The number of pyridine rings is 1. The van der Waals surface area contributed by atoms with Gasteiger partial charge in [0.1, 0.15) is 0 Å². The van der Waals surface area contributed by atoms with Crippen LogP contribution in [0.1, 0.15) is 25.1 Å². The topological polar surface area (TPSA) is 42.1 Å². The summed E-state index contributed by atoms with van der Waals surface area (Å²) in [6.45, 7) is 5.16. The Balaban J connectivity index is 2.24. The van der Waals surface area contributed by atoms with Crippen LogP contribution in [0.25, 0.3) is 0 Å². The van der Waals surface area contributed by atoms with Crippen LogP contribution in [-0.2, 0) is 0 Å². The fraction of sp³-hybridized carbons (Fsp3) is 0.583. The molecule has 2 N–H and O–H groups in total. The van der Waals surface area contributed by atoms with Crippen LogP contribution in [0, 0.1) is 5.92 Å². The summed E-state index contributed by atoms with van der Waals surface area (Å²) in [5.74, 6) is 0.550. The molecular weight excluding hydrogens is 266 g/mol. The van der Waals surface area contributed by atoms with Crippen molar-refractivity contribution in [2.75, 3.05) is 19.6 Å². The second-order valence-electron chi connectivity index (χ2n) is 4.26. The second kappa shape index (κ2) is 5.25. The van der Waals surface area contributed by atoms with E-state index in [2.05, 4.69) is 44.9 Å². The third-order valence-corrected chi connectivity index (χ3v) is 3.86. The fourth-order valence-electron chi connectivity index (χ4n) is 2.52. The van der Waals surface area contributed by atoms with Gasteiger partial charge in [0, 0.05) is 10.7 Å². The van der Waals surface area contributed by atoms with E-state index < -0.39 is 0 Å². The Hall–Kier alpha value is -0.450. The van der Waals surface area contributed by atoms with Crippen molar-refractivity contribution in [1.82, 2.24) is 9.88 Å². The van der Waals surface area contributed by atoms with Crippen LogP contribution in [0.2, 0.25) is 0 Å². The normalized spacial score (nSPS) is 26.2. The predicted octanol–water partition coefficient (Wildman–Crippen LogP) is 2.19. The number of aromatic nitrogens is 1. The van der Waals surface area contributed by atoms with E-state index in [4.69, 9.17) is 5.73 Å². The molecule has 2 atom stereocenters. The smallest absolute Gasteiger partial charge is 0.0579 e. The van der Waals surface area contributed by atoms with E-state index in [1.165, 1.54) is 6.42 Å². The molecule has 0 aromatic carbocycles. The van der Waals surface area contributed by atoms with Crippen LogP contribution >= 0.6 is 15.9 Å². The minimum Gasteiger partial charge on any atom is -0.330 e. The van der Waals surface area contributed by atoms with Crippen molar-refractivity contribution in [3.63, 3.8) is 0 Å². The molecule has 0 spiro atoms. The number of rotatable bonds is 3. The van der Waals surface area contributed by atoms with Gasteiger partial charge in [0.2, 0.25) is 0 Å². The van der Waals surface area contributed by atoms with E-state index in [9.17, 15) is 0 Å². The molecular formula is C12H18BrN3. The molecule has 0 amide bonds. The Bertz CT molecular complexity index is 327. The standard InChI is InChI=1S/C12H18BrN3/c1-2-16-6-5-9(7-14)12(16)11-4-3-10(13)8-15-11/h3-4,8-9,12H,2,5-7,14H2,1H3. The number of hydrogen-bond acceptors (Lipinski definition) is 3. The van der Waals surface area contributed by atoms with Crippen molar-refractivity contribution >= 4 is 15.9 Å². The maximum Gasteiger partial charge on any atom is 0.0579 e. The quantitative estimate of drug-likeness (QED) is 0.925. The lowest BCUT2D eigenvalue weighted by atomic mass is 9.97. The Morgan fingerprint density at radius 2 is 2.38 bits per heavy atom. The van der Waals surface area contributed by atoms with Gasteiger partial charge in [-0.05, 0) is 60.0 Å². The summed E-state index contributed by atoms with van der Waals surface area (Å²) in [5, 5.41) is 0. The van der Waals surface area contributed by atoms with Crippen LogP contribution in [0.3, 0.4) is 0 Å². The van der Waals surface area contributed by atoms with Crippen molar-refractivity contribution < 1.29 is 0 Å². The zero-order valence-corrected chi connectivity index (χ0v) is 11.2. The van der Waals surface area contributed by atoms with Gasteiger partial charge in [0.25, 0.3) is 0 Å². The van der Waals surface area contributed by atoms with Gasteiger partial charge in [0.15, 0.2) is 0 Å². The van der Waals surface area contributed by atoms with Gasteiger partial charge < -0.3 is 5.73 Å². The maximum absolute atomic E-state index is 5.84. The molecule has 1 aliphatic rings. The summed E-state index contributed by atoms with van der Waals surface area (Å²) in [4.78, 5) is 6.98. The highest BCUT2D eigenvalue weighted by molar-refractivity contribution is 9.10. The SMILES string of the molecule is CCN1CCC(CN)C1c1ccc(Br)cn1. The lowest BCUT2D eigenvalue weighted by Crippen LogP contribution is -2.28. The molecule has 4 heteroatoms. The minimum atomic E-state index is 0.406. The lowest BCUT2D eigenvalue weighted by molar-refractivity contribution is 0.237. The number of nitrogens with zero attached hydrogens (tertiary/aromatic N) is 2. The molecule has 0 aliphatic carbocycles. The molecule has 2 heterocycles. The third kappa shape index (κ3) is 2.29. The summed E-state index contributed by atoms with van der Waals surface area (Å²) >= 11 is 3.42. The summed E-state index contributed by atoms with van der Waals surface area (Å²) in [7, 11) is 0. The molecule has 1 fully saturated rings. The van der Waals surface area contributed by atoms with E-state index in [0.29, 0.717) is 12.0 Å². The number of likely N-dealkylation sites (tertiary alicyclic amines) is 1. The summed E-state index contributed by atoms with van der Waals surface area (Å²) < 4.78 is 1.03. The van der Waals surface area contributed by atoms with E-state index in [-0.39, 0.29) is 0 Å². The first-order chi connectivity index (χ1) is 7.76. The Morgan fingerprint density at radius 1 is 1.56 bits per heavy atom. The lowest BCUT2D eigenvalue weighted by Gasteiger charge is -2.26. The molecule has 16 heavy (non-hydrogen) atoms. The number of hydrogen-bond donors (Lipinski definition) is 1. The van der Waals surface area contributed by atoms with Crippen molar-refractivity contribution in [2.45, 2.75) is 19.4 Å². The van der Waals surface area contributed by atoms with Gasteiger partial charge >= 0.3 is 0 Å². The van der Waals surface area contributed by atoms with E-state index in [1.54, 1.807) is 0 Å². The van der Waals surface area contributed by atoms with Gasteiger partial charge in [-0.3, -0.25) is 9.88 Å². The second-order valence-corrected chi connectivity index (χ2v) is 5.17. The highest BCUT2D eigenvalue weighted by atomic mass is 79.9. The highest BCUT2D eigenvalue weighted by Gasteiger charge is 2.34. The largest absolute Gasteiger partial charge is 0.330 e. The Kier molecular flexibility index (Phi) is 3.95. The minimum absolute atomic E-state index is 0.406. The fourth-order valence-corrected chi connectivity index (χ4v) is 2.75. The van der Waals surface area contributed by atoms with Gasteiger partial charge in [-0.15, -0.1) is 0 Å². The molecule has 0 radical (unpaired) electrons. The van der Waals surface area contributed by atoms with Crippen LogP contribution in [-0.4, -0.2) is 29.5 Å². The Labute approximate surface area is 105 Å². The van der Waals surface area contributed by atoms with E-state index >= 15 is 0 Å². The van der Waals surface area contributed by atoms with Crippen molar-refractivity contribution in [2.24, 2.45) is 11.7 Å². The van der Waals surface area contributed by atoms with E-state index in [1.807, 2.05) is 6.20 Å². The number of nitrogens with two attached hydrogens (primary N) is 1. The average Bonchev–Trinajstić information content (AvgIpc) is 2.73. The molecule has 3 nitrogen and oxygen atoms in total. The monoisotopic (exact) mass is 283 g/mol. The summed E-state index contributed by atoms with van der Waals surface area (Å²) in [5.41, 5.74) is 7.00.